The molecule has 3 aliphatic rings. The van der Waals surface area contributed by atoms with Gasteiger partial charge in [0.2, 0.25) is 0 Å². The molecule has 2 aliphatic heterocycles. The Morgan fingerprint density at radius 3 is 2.46 bits per heavy atom. The number of hydrogen-bond acceptors (Lipinski definition) is 4. The molecule has 1 aliphatic carbocycles. The van der Waals surface area contributed by atoms with Crippen LogP contribution in [-0.4, -0.2) is 49.6 Å². The highest BCUT2D eigenvalue weighted by molar-refractivity contribution is 6.31. The first-order chi connectivity index (χ1) is 17.1. The van der Waals surface area contributed by atoms with Gasteiger partial charge in [0.25, 0.3) is 0 Å². The lowest BCUT2D eigenvalue weighted by molar-refractivity contribution is 0.0461. The summed E-state index contributed by atoms with van der Waals surface area (Å²) in [7, 11) is 2.30. The molecule has 0 spiro atoms. The van der Waals surface area contributed by atoms with Gasteiger partial charge in [-0.15, -0.1) is 0 Å². The van der Waals surface area contributed by atoms with Crippen molar-refractivity contribution in [3.63, 3.8) is 0 Å². The zero-order valence-electron chi connectivity index (χ0n) is 21.0. The van der Waals surface area contributed by atoms with Gasteiger partial charge in [0, 0.05) is 30.1 Å². The van der Waals surface area contributed by atoms with E-state index in [-0.39, 0.29) is 5.41 Å². The lowest BCUT2D eigenvalue weighted by atomic mass is 9.57. The largest absolute Gasteiger partial charge is 0.494 e. The molecule has 1 saturated carbocycles. The predicted octanol–water partition coefficient (Wildman–Crippen LogP) is 6.27. The first kappa shape index (κ1) is 24.6. The van der Waals surface area contributed by atoms with Crippen molar-refractivity contribution in [2.24, 2.45) is 11.8 Å². The fourth-order valence-corrected chi connectivity index (χ4v) is 7.68. The standard InChI is InChI=1S/C30H38ClN3O/c1-33-21-24-6-4-9-28(31)29(24)30(22-33,25-7-2-3-8-25)26-14-17-34(18-15-26)16-5-19-35-27-12-10-23(20-32)11-13-27/h4,6,9-13,25-26H,2-3,5,7-8,14-19,21-22H2,1H3. The molecule has 0 amide bonds. The summed E-state index contributed by atoms with van der Waals surface area (Å²) in [5.74, 6) is 2.29. The minimum Gasteiger partial charge on any atom is -0.494 e. The molecule has 5 heteroatoms. The molecule has 0 radical (unpaired) electrons. The number of fused-ring (bicyclic) bond motifs is 1. The molecule has 2 fully saturated rings. The number of likely N-dealkylation sites (N-methyl/N-ethyl adjacent to an activating group) is 1. The maximum Gasteiger partial charge on any atom is 0.119 e. The average molecular weight is 492 g/mol. The highest BCUT2D eigenvalue weighted by Gasteiger charge is 2.51. The molecule has 0 N–H and O–H groups in total. The predicted molar refractivity (Wildman–Crippen MR) is 142 cm³/mol. The Kier molecular flexibility index (Phi) is 7.68. The van der Waals surface area contributed by atoms with Crippen LogP contribution in [0.5, 0.6) is 5.75 Å². The molecule has 2 aromatic rings. The van der Waals surface area contributed by atoms with Crippen molar-refractivity contribution >= 4 is 11.6 Å². The summed E-state index contributed by atoms with van der Waals surface area (Å²) in [5.41, 5.74) is 3.83. The molecule has 0 aromatic heterocycles. The minimum absolute atomic E-state index is 0.196. The number of nitriles is 1. The van der Waals surface area contributed by atoms with Gasteiger partial charge in [-0.1, -0.05) is 36.6 Å². The molecule has 186 valence electrons. The summed E-state index contributed by atoms with van der Waals surface area (Å²) in [5, 5.41) is 9.94. The minimum atomic E-state index is 0.196. The summed E-state index contributed by atoms with van der Waals surface area (Å²) < 4.78 is 5.90. The maximum absolute atomic E-state index is 8.94. The number of likely N-dealkylation sites (tertiary alicyclic amines) is 1. The van der Waals surface area contributed by atoms with E-state index >= 15 is 0 Å². The van der Waals surface area contributed by atoms with Crippen molar-refractivity contribution in [2.45, 2.75) is 56.9 Å². The molecule has 1 atom stereocenters. The van der Waals surface area contributed by atoms with E-state index in [2.05, 4.69) is 41.1 Å². The summed E-state index contributed by atoms with van der Waals surface area (Å²) in [6, 6.07) is 16.1. The van der Waals surface area contributed by atoms with Crippen molar-refractivity contribution in [1.82, 2.24) is 9.80 Å². The normalized spacial score (nSPS) is 24.3. The van der Waals surface area contributed by atoms with Gasteiger partial charge in [0.15, 0.2) is 0 Å². The van der Waals surface area contributed by atoms with E-state index < -0.39 is 0 Å². The van der Waals surface area contributed by atoms with Gasteiger partial charge in [-0.25, -0.2) is 0 Å². The molecular formula is C30H38ClN3O. The fraction of sp³-hybridized carbons (Fsp3) is 0.567. The van der Waals surface area contributed by atoms with E-state index in [0.29, 0.717) is 18.1 Å². The smallest absolute Gasteiger partial charge is 0.119 e. The lowest BCUT2D eigenvalue weighted by Gasteiger charge is -2.54. The number of halogens is 1. The number of benzene rings is 2. The van der Waals surface area contributed by atoms with Crippen LogP contribution in [0.1, 0.15) is 61.6 Å². The van der Waals surface area contributed by atoms with Gasteiger partial charge in [-0.05, 0) is 106 Å². The fourth-order valence-electron chi connectivity index (χ4n) is 7.31. The Balaban J connectivity index is 1.23. The molecule has 1 saturated heterocycles. The van der Waals surface area contributed by atoms with Crippen LogP contribution in [0, 0.1) is 23.2 Å². The van der Waals surface area contributed by atoms with E-state index in [1.165, 1.54) is 62.7 Å². The van der Waals surface area contributed by atoms with Gasteiger partial charge < -0.3 is 14.5 Å². The summed E-state index contributed by atoms with van der Waals surface area (Å²) in [6.07, 6.45) is 8.98. The van der Waals surface area contributed by atoms with Crippen LogP contribution in [0.4, 0.5) is 0 Å². The molecule has 4 nitrogen and oxygen atoms in total. The Labute approximate surface area is 215 Å². The third-order valence-corrected chi connectivity index (χ3v) is 9.12. The van der Waals surface area contributed by atoms with E-state index in [9.17, 15) is 0 Å². The molecule has 0 bridgehead atoms. The van der Waals surface area contributed by atoms with Crippen LogP contribution in [0.2, 0.25) is 5.02 Å². The monoisotopic (exact) mass is 491 g/mol. The zero-order chi connectivity index (χ0) is 24.3. The van der Waals surface area contributed by atoms with E-state index in [1.54, 1.807) is 0 Å². The Bertz CT molecular complexity index is 1030. The Morgan fingerprint density at radius 1 is 1.03 bits per heavy atom. The highest BCUT2D eigenvalue weighted by atomic mass is 35.5. The number of ether oxygens (including phenoxy) is 1. The first-order valence-corrected chi connectivity index (χ1v) is 13.8. The summed E-state index contributed by atoms with van der Waals surface area (Å²) in [4.78, 5) is 5.19. The molecule has 35 heavy (non-hydrogen) atoms. The van der Waals surface area contributed by atoms with Gasteiger partial charge >= 0.3 is 0 Å². The molecule has 2 aromatic carbocycles. The second kappa shape index (κ2) is 10.9. The van der Waals surface area contributed by atoms with E-state index in [4.69, 9.17) is 21.6 Å². The number of nitrogens with zero attached hydrogens (tertiary/aromatic N) is 3. The van der Waals surface area contributed by atoms with Crippen LogP contribution in [0.15, 0.2) is 42.5 Å². The van der Waals surface area contributed by atoms with Crippen molar-refractivity contribution in [1.29, 1.82) is 5.26 Å². The number of piperidine rings is 1. The molecular weight excluding hydrogens is 454 g/mol. The number of rotatable bonds is 7. The third-order valence-electron chi connectivity index (χ3n) is 8.81. The van der Waals surface area contributed by atoms with Gasteiger partial charge in [-0.3, -0.25) is 0 Å². The molecule has 2 heterocycles. The van der Waals surface area contributed by atoms with Gasteiger partial charge in [-0.2, -0.15) is 5.26 Å². The first-order valence-electron chi connectivity index (χ1n) is 13.4. The summed E-state index contributed by atoms with van der Waals surface area (Å²) >= 11 is 6.99. The van der Waals surface area contributed by atoms with Gasteiger partial charge in [0.1, 0.15) is 5.75 Å². The van der Waals surface area contributed by atoms with Crippen molar-refractivity contribution in [3.05, 3.63) is 64.2 Å². The van der Waals surface area contributed by atoms with Crippen molar-refractivity contribution in [3.8, 4) is 11.8 Å². The highest BCUT2D eigenvalue weighted by Crippen LogP contribution is 2.54. The van der Waals surface area contributed by atoms with Crippen LogP contribution in [0.25, 0.3) is 0 Å². The molecule has 1 unspecified atom stereocenters. The van der Waals surface area contributed by atoms with Crippen LogP contribution >= 0.6 is 11.6 Å². The molecule has 5 rings (SSSR count). The summed E-state index contributed by atoms with van der Waals surface area (Å²) in [6.45, 7) is 6.29. The SMILES string of the molecule is CN1Cc2cccc(Cl)c2C(C2CCCC2)(C2CCN(CCCOc3ccc(C#N)cc3)CC2)C1. The Hall–Kier alpha value is -2.06. The van der Waals surface area contributed by atoms with Crippen LogP contribution in [-0.2, 0) is 12.0 Å². The van der Waals surface area contributed by atoms with Gasteiger partial charge in [0.05, 0.1) is 18.2 Å². The maximum atomic E-state index is 8.94. The average Bonchev–Trinajstić information content (AvgIpc) is 3.42. The topological polar surface area (TPSA) is 39.5 Å². The van der Waals surface area contributed by atoms with Crippen LogP contribution < -0.4 is 4.74 Å². The quantitative estimate of drug-likeness (QED) is 0.428. The number of hydrogen-bond donors (Lipinski definition) is 0. The van der Waals surface area contributed by atoms with E-state index in [1.807, 2.05) is 24.3 Å². The third kappa shape index (κ3) is 5.10. The second-order valence-electron chi connectivity index (χ2n) is 10.9. The van der Waals surface area contributed by atoms with Crippen molar-refractivity contribution in [2.75, 3.05) is 39.8 Å². The zero-order valence-corrected chi connectivity index (χ0v) is 21.8. The van der Waals surface area contributed by atoms with E-state index in [0.717, 1.165) is 42.7 Å². The van der Waals surface area contributed by atoms with Crippen LogP contribution in [0.3, 0.4) is 0 Å². The second-order valence-corrected chi connectivity index (χ2v) is 11.3. The van der Waals surface area contributed by atoms with Crippen molar-refractivity contribution < 1.29 is 4.74 Å². The Morgan fingerprint density at radius 2 is 1.74 bits per heavy atom. The lowest BCUT2D eigenvalue weighted by Crippen LogP contribution is -2.55.